The zero-order valence-electron chi connectivity index (χ0n) is 10.7. The van der Waals surface area contributed by atoms with Crippen LogP contribution < -0.4 is 0 Å². The maximum atomic E-state index is 11.4. The van der Waals surface area contributed by atoms with Crippen molar-refractivity contribution < 1.29 is 14.3 Å². The van der Waals surface area contributed by atoms with Crippen LogP contribution in [0, 0.1) is 0 Å². The van der Waals surface area contributed by atoms with E-state index in [-0.39, 0.29) is 12.0 Å². The molecule has 1 unspecified atom stereocenters. The first-order chi connectivity index (χ1) is 8.79. The predicted molar refractivity (Wildman–Crippen MR) is 68.1 cm³/mol. The lowest BCUT2D eigenvalue weighted by Crippen LogP contribution is -2.46. The van der Waals surface area contributed by atoms with Crippen LogP contribution in [0.1, 0.15) is 12.0 Å². The average Bonchev–Trinajstić information content (AvgIpc) is 2.42. The molecule has 0 bridgehead atoms. The van der Waals surface area contributed by atoms with E-state index >= 15 is 0 Å². The van der Waals surface area contributed by atoms with Crippen LogP contribution in [0.25, 0.3) is 0 Å². The number of ether oxygens (including phenoxy) is 2. The molecule has 0 aliphatic carbocycles. The molecule has 1 saturated heterocycles. The first-order valence-corrected chi connectivity index (χ1v) is 6.22. The summed E-state index contributed by atoms with van der Waals surface area (Å²) in [6, 6.07) is 10.4. The Morgan fingerprint density at radius 3 is 2.94 bits per heavy atom. The molecule has 1 aliphatic heterocycles. The van der Waals surface area contributed by atoms with Crippen molar-refractivity contribution in [2.24, 2.45) is 0 Å². The summed E-state index contributed by atoms with van der Waals surface area (Å²) in [4.78, 5) is 13.7. The molecule has 0 amide bonds. The zero-order valence-corrected chi connectivity index (χ0v) is 10.7. The van der Waals surface area contributed by atoms with Crippen molar-refractivity contribution in [1.29, 1.82) is 0 Å². The Bertz CT molecular complexity index is 380. The van der Waals surface area contributed by atoms with Gasteiger partial charge in [0, 0.05) is 19.1 Å². The van der Waals surface area contributed by atoms with Gasteiger partial charge >= 0.3 is 5.97 Å². The number of morpholine rings is 1. The number of hydrogen-bond donors (Lipinski definition) is 0. The molecule has 1 atom stereocenters. The molecule has 1 aliphatic rings. The van der Waals surface area contributed by atoms with Gasteiger partial charge in [-0.2, -0.15) is 0 Å². The zero-order chi connectivity index (χ0) is 12.8. The van der Waals surface area contributed by atoms with Crippen LogP contribution in [0.3, 0.4) is 0 Å². The summed E-state index contributed by atoms with van der Waals surface area (Å²) < 4.78 is 10.2. The van der Waals surface area contributed by atoms with Crippen molar-refractivity contribution >= 4 is 5.97 Å². The minimum atomic E-state index is -0.177. The molecule has 4 nitrogen and oxygen atoms in total. The second-order valence-corrected chi connectivity index (χ2v) is 4.47. The van der Waals surface area contributed by atoms with Gasteiger partial charge in [0.05, 0.1) is 26.7 Å². The van der Waals surface area contributed by atoms with Gasteiger partial charge in [-0.25, -0.2) is 0 Å². The highest BCUT2D eigenvalue weighted by Gasteiger charge is 2.25. The van der Waals surface area contributed by atoms with E-state index in [0.29, 0.717) is 13.0 Å². The first-order valence-electron chi connectivity index (χ1n) is 6.22. The number of rotatable bonds is 4. The van der Waals surface area contributed by atoms with Crippen molar-refractivity contribution in [3.63, 3.8) is 0 Å². The maximum absolute atomic E-state index is 11.4. The van der Waals surface area contributed by atoms with Crippen LogP contribution in [0.4, 0.5) is 0 Å². The van der Waals surface area contributed by atoms with Gasteiger partial charge in [0.1, 0.15) is 0 Å². The highest BCUT2D eigenvalue weighted by atomic mass is 16.5. The first kappa shape index (κ1) is 13.1. The molecular formula is C14H19NO3. The van der Waals surface area contributed by atoms with Gasteiger partial charge in [0.15, 0.2) is 0 Å². The summed E-state index contributed by atoms with van der Waals surface area (Å²) in [5.74, 6) is -0.177. The molecular weight excluding hydrogens is 230 g/mol. The summed E-state index contributed by atoms with van der Waals surface area (Å²) in [5.41, 5.74) is 1.26. The van der Waals surface area contributed by atoms with Gasteiger partial charge in [0.2, 0.25) is 0 Å². The van der Waals surface area contributed by atoms with Gasteiger partial charge in [-0.1, -0.05) is 30.3 Å². The molecule has 0 N–H and O–H groups in total. The van der Waals surface area contributed by atoms with Gasteiger partial charge in [-0.3, -0.25) is 9.69 Å². The van der Waals surface area contributed by atoms with Crippen molar-refractivity contribution in [2.75, 3.05) is 26.9 Å². The van der Waals surface area contributed by atoms with Crippen molar-refractivity contribution in [1.82, 2.24) is 4.90 Å². The van der Waals surface area contributed by atoms with Crippen LogP contribution in [-0.2, 0) is 20.8 Å². The molecule has 1 aromatic carbocycles. The third-order valence-corrected chi connectivity index (χ3v) is 3.21. The third kappa shape index (κ3) is 3.55. The Hall–Kier alpha value is -1.39. The summed E-state index contributed by atoms with van der Waals surface area (Å²) in [7, 11) is 1.42. The Kier molecular flexibility index (Phi) is 4.73. The van der Waals surface area contributed by atoms with Gasteiger partial charge in [-0.05, 0) is 5.56 Å². The second kappa shape index (κ2) is 6.52. The molecule has 18 heavy (non-hydrogen) atoms. The lowest BCUT2D eigenvalue weighted by atomic mass is 10.1. The molecule has 1 fully saturated rings. The number of carbonyl (C=O) groups excluding carboxylic acids is 1. The number of esters is 1. The lowest BCUT2D eigenvalue weighted by Gasteiger charge is -2.35. The fourth-order valence-corrected chi connectivity index (χ4v) is 2.18. The number of methoxy groups -OCH3 is 1. The Balaban J connectivity index is 1.97. The van der Waals surface area contributed by atoms with E-state index in [0.717, 1.165) is 19.7 Å². The highest BCUT2D eigenvalue weighted by molar-refractivity contribution is 5.69. The average molecular weight is 249 g/mol. The number of nitrogens with zero attached hydrogens (tertiary/aromatic N) is 1. The molecule has 1 heterocycles. The van der Waals surface area contributed by atoms with Crippen LogP contribution in [-0.4, -0.2) is 43.8 Å². The van der Waals surface area contributed by atoms with Crippen molar-refractivity contribution in [2.45, 2.75) is 19.0 Å². The van der Waals surface area contributed by atoms with E-state index in [9.17, 15) is 4.79 Å². The van der Waals surface area contributed by atoms with E-state index in [4.69, 9.17) is 9.47 Å². The molecule has 4 heteroatoms. The molecule has 0 radical (unpaired) electrons. The Labute approximate surface area is 107 Å². The monoisotopic (exact) mass is 249 g/mol. The van der Waals surface area contributed by atoms with Gasteiger partial charge in [-0.15, -0.1) is 0 Å². The topological polar surface area (TPSA) is 38.8 Å². The third-order valence-electron chi connectivity index (χ3n) is 3.21. The quantitative estimate of drug-likeness (QED) is 0.757. The summed E-state index contributed by atoms with van der Waals surface area (Å²) >= 11 is 0. The molecule has 0 aromatic heterocycles. The van der Waals surface area contributed by atoms with Crippen LogP contribution >= 0.6 is 0 Å². The molecule has 2 rings (SSSR count). The summed E-state index contributed by atoms with van der Waals surface area (Å²) in [5, 5.41) is 0. The fraction of sp³-hybridized carbons (Fsp3) is 0.500. The van der Waals surface area contributed by atoms with Gasteiger partial charge in [0.25, 0.3) is 0 Å². The van der Waals surface area contributed by atoms with E-state index < -0.39 is 0 Å². The summed E-state index contributed by atoms with van der Waals surface area (Å²) in [6.07, 6.45) is 0.392. The van der Waals surface area contributed by atoms with E-state index in [1.54, 1.807) is 0 Å². The van der Waals surface area contributed by atoms with E-state index in [2.05, 4.69) is 17.0 Å². The standard InChI is InChI=1S/C14H19NO3/c1-17-14(16)9-13-11-18-8-7-15(13)10-12-5-3-2-4-6-12/h2-6,13H,7-11H2,1H3. The maximum Gasteiger partial charge on any atom is 0.307 e. The minimum Gasteiger partial charge on any atom is -0.469 e. The van der Waals surface area contributed by atoms with Crippen molar-refractivity contribution in [3.05, 3.63) is 35.9 Å². The lowest BCUT2D eigenvalue weighted by molar-refractivity contribution is -0.144. The van der Waals surface area contributed by atoms with Crippen LogP contribution in [0.5, 0.6) is 0 Å². The van der Waals surface area contributed by atoms with Crippen molar-refractivity contribution in [3.8, 4) is 0 Å². The van der Waals surface area contributed by atoms with E-state index in [1.807, 2.05) is 18.2 Å². The Morgan fingerprint density at radius 1 is 1.44 bits per heavy atom. The fourth-order valence-electron chi connectivity index (χ4n) is 2.18. The largest absolute Gasteiger partial charge is 0.469 e. The predicted octanol–water partition coefficient (Wildman–Crippen LogP) is 1.45. The summed E-state index contributed by atoms with van der Waals surface area (Å²) in [6.45, 7) is 3.04. The van der Waals surface area contributed by atoms with E-state index in [1.165, 1.54) is 12.7 Å². The van der Waals surface area contributed by atoms with Crippen LogP contribution in [0.15, 0.2) is 30.3 Å². The molecule has 98 valence electrons. The number of benzene rings is 1. The van der Waals surface area contributed by atoms with Gasteiger partial charge < -0.3 is 9.47 Å². The highest BCUT2D eigenvalue weighted by Crippen LogP contribution is 2.15. The SMILES string of the molecule is COC(=O)CC1COCCN1Cc1ccccc1. The minimum absolute atomic E-state index is 0.117. The molecule has 1 aromatic rings. The Morgan fingerprint density at radius 2 is 2.22 bits per heavy atom. The molecule has 0 saturated carbocycles. The smallest absolute Gasteiger partial charge is 0.307 e. The number of hydrogen-bond acceptors (Lipinski definition) is 4. The normalized spacial score (nSPS) is 20.6. The van der Waals surface area contributed by atoms with Crippen LogP contribution in [0.2, 0.25) is 0 Å². The molecule has 0 spiro atoms. The number of carbonyl (C=O) groups is 1. The second-order valence-electron chi connectivity index (χ2n) is 4.47.